The highest BCUT2D eigenvalue weighted by Gasteiger charge is 2.19. The van der Waals surface area contributed by atoms with Crippen LogP contribution in [0.25, 0.3) is 0 Å². The molecule has 19 heavy (non-hydrogen) atoms. The molecule has 0 amide bonds. The molecule has 6 heteroatoms. The standard InChI is InChI=1S/C13H29NO5/c1-9(2)18-12(5)14(6)19-13(7-15)8-17-11(4)10(3)16/h9-13,15-16H,7-8H2,1-6H3. The van der Waals surface area contributed by atoms with Gasteiger partial charge in [0.05, 0.1) is 31.5 Å². The van der Waals surface area contributed by atoms with E-state index in [1.807, 2.05) is 20.8 Å². The van der Waals surface area contributed by atoms with Gasteiger partial charge in [0.25, 0.3) is 0 Å². The van der Waals surface area contributed by atoms with Crippen LogP contribution in [0.3, 0.4) is 0 Å². The molecule has 0 aromatic carbocycles. The molecule has 0 saturated carbocycles. The zero-order chi connectivity index (χ0) is 15.0. The summed E-state index contributed by atoms with van der Waals surface area (Å²) >= 11 is 0. The molecule has 0 heterocycles. The molecule has 0 aromatic rings. The first-order valence-corrected chi connectivity index (χ1v) is 6.73. The number of rotatable bonds is 10. The second-order valence-corrected chi connectivity index (χ2v) is 5.02. The maximum absolute atomic E-state index is 9.32. The molecule has 0 fully saturated rings. The van der Waals surface area contributed by atoms with Crippen LogP contribution in [-0.4, -0.2) is 66.2 Å². The van der Waals surface area contributed by atoms with Crippen LogP contribution in [0, 0.1) is 0 Å². The average molecular weight is 279 g/mol. The summed E-state index contributed by atoms with van der Waals surface area (Å²) in [5.74, 6) is 0. The Morgan fingerprint density at radius 1 is 1.11 bits per heavy atom. The molecule has 6 nitrogen and oxygen atoms in total. The second-order valence-electron chi connectivity index (χ2n) is 5.02. The third-order valence-electron chi connectivity index (χ3n) is 2.72. The monoisotopic (exact) mass is 279 g/mol. The topological polar surface area (TPSA) is 71.4 Å². The van der Waals surface area contributed by atoms with Crippen LogP contribution in [0.5, 0.6) is 0 Å². The molecule has 0 saturated heterocycles. The lowest BCUT2D eigenvalue weighted by Crippen LogP contribution is -2.40. The predicted octanol–water partition coefficient (Wildman–Crippen LogP) is 0.768. The minimum absolute atomic E-state index is 0.0973. The van der Waals surface area contributed by atoms with Crippen molar-refractivity contribution >= 4 is 0 Å². The van der Waals surface area contributed by atoms with Crippen LogP contribution < -0.4 is 0 Å². The predicted molar refractivity (Wildman–Crippen MR) is 72.5 cm³/mol. The summed E-state index contributed by atoms with van der Waals surface area (Å²) in [6, 6.07) is 0. The van der Waals surface area contributed by atoms with E-state index in [0.29, 0.717) is 0 Å². The summed E-state index contributed by atoms with van der Waals surface area (Å²) < 4.78 is 11.0. The van der Waals surface area contributed by atoms with Crippen LogP contribution in [0.1, 0.15) is 34.6 Å². The summed E-state index contributed by atoms with van der Waals surface area (Å²) in [6.45, 7) is 9.24. The summed E-state index contributed by atoms with van der Waals surface area (Å²) in [5, 5.41) is 20.1. The minimum atomic E-state index is -0.555. The number of ether oxygens (including phenoxy) is 2. The van der Waals surface area contributed by atoms with Crippen LogP contribution >= 0.6 is 0 Å². The van der Waals surface area contributed by atoms with Crippen molar-refractivity contribution in [1.29, 1.82) is 0 Å². The van der Waals surface area contributed by atoms with E-state index in [-0.39, 0.29) is 31.6 Å². The zero-order valence-electron chi connectivity index (χ0n) is 12.9. The van der Waals surface area contributed by atoms with Gasteiger partial charge in [-0.05, 0) is 34.6 Å². The number of hydrogen-bond acceptors (Lipinski definition) is 6. The van der Waals surface area contributed by atoms with E-state index in [9.17, 15) is 10.2 Å². The molecule has 0 aromatic heterocycles. The van der Waals surface area contributed by atoms with Gasteiger partial charge in [-0.25, -0.2) is 0 Å². The van der Waals surface area contributed by atoms with Crippen molar-refractivity contribution in [1.82, 2.24) is 5.06 Å². The van der Waals surface area contributed by atoms with Crippen molar-refractivity contribution in [3.05, 3.63) is 0 Å². The molecular formula is C13H29NO5. The lowest BCUT2D eigenvalue weighted by molar-refractivity contribution is -0.278. The fraction of sp³-hybridized carbons (Fsp3) is 1.00. The zero-order valence-corrected chi connectivity index (χ0v) is 12.9. The normalized spacial score (nSPS) is 18.6. The van der Waals surface area contributed by atoms with Crippen molar-refractivity contribution < 1.29 is 24.5 Å². The van der Waals surface area contributed by atoms with Gasteiger partial charge in [0, 0.05) is 7.05 Å². The Hall–Kier alpha value is -0.240. The van der Waals surface area contributed by atoms with Gasteiger partial charge in [-0.2, -0.15) is 5.06 Å². The number of hydroxylamine groups is 2. The fourth-order valence-electron chi connectivity index (χ4n) is 1.32. The maximum atomic E-state index is 9.32. The highest BCUT2D eigenvalue weighted by molar-refractivity contribution is 4.60. The van der Waals surface area contributed by atoms with E-state index in [1.54, 1.807) is 26.0 Å². The minimum Gasteiger partial charge on any atom is -0.393 e. The Balaban J connectivity index is 4.10. The maximum Gasteiger partial charge on any atom is 0.130 e. The number of aliphatic hydroxyl groups is 2. The van der Waals surface area contributed by atoms with Crippen molar-refractivity contribution in [2.75, 3.05) is 20.3 Å². The van der Waals surface area contributed by atoms with E-state index in [1.165, 1.54) is 0 Å². The van der Waals surface area contributed by atoms with Crippen molar-refractivity contribution in [3.63, 3.8) is 0 Å². The Morgan fingerprint density at radius 2 is 1.68 bits per heavy atom. The van der Waals surface area contributed by atoms with E-state index >= 15 is 0 Å². The molecule has 0 radical (unpaired) electrons. The first kappa shape index (κ1) is 18.8. The molecule has 0 aliphatic rings. The van der Waals surface area contributed by atoms with E-state index < -0.39 is 12.2 Å². The van der Waals surface area contributed by atoms with Crippen LogP contribution in [0.15, 0.2) is 0 Å². The molecule has 0 aliphatic heterocycles. The third kappa shape index (κ3) is 8.52. The SMILES string of the molecule is CC(C)OC(C)N(C)OC(CO)COC(C)C(C)O. The second kappa shape index (κ2) is 9.63. The van der Waals surface area contributed by atoms with E-state index in [4.69, 9.17) is 14.3 Å². The molecule has 0 bridgehead atoms. The van der Waals surface area contributed by atoms with Gasteiger partial charge < -0.3 is 19.7 Å². The van der Waals surface area contributed by atoms with E-state index in [2.05, 4.69) is 0 Å². The molecular weight excluding hydrogens is 250 g/mol. The highest BCUT2D eigenvalue weighted by Crippen LogP contribution is 2.07. The Kier molecular flexibility index (Phi) is 9.51. The first-order valence-electron chi connectivity index (χ1n) is 6.73. The quantitative estimate of drug-likeness (QED) is 0.454. The van der Waals surface area contributed by atoms with E-state index in [0.717, 1.165) is 0 Å². The number of hydrogen-bond donors (Lipinski definition) is 2. The smallest absolute Gasteiger partial charge is 0.130 e. The molecule has 0 aliphatic carbocycles. The largest absolute Gasteiger partial charge is 0.393 e. The lowest BCUT2D eigenvalue weighted by atomic mass is 10.2. The molecule has 116 valence electrons. The Labute approximate surface area is 116 Å². The van der Waals surface area contributed by atoms with Gasteiger partial charge >= 0.3 is 0 Å². The van der Waals surface area contributed by atoms with Crippen LogP contribution in [-0.2, 0) is 14.3 Å². The summed E-state index contributed by atoms with van der Waals surface area (Å²) in [7, 11) is 1.74. The van der Waals surface area contributed by atoms with Gasteiger partial charge in [-0.3, -0.25) is 4.84 Å². The number of aliphatic hydroxyl groups excluding tert-OH is 2. The van der Waals surface area contributed by atoms with Crippen LogP contribution in [0.4, 0.5) is 0 Å². The third-order valence-corrected chi connectivity index (χ3v) is 2.72. The number of nitrogens with zero attached hydrogens (tertiary/aromatic N) is 1. The van der Waals surface area contributed by atoms with Crippen molar-refractivity contribution in [2.45, 2.75) is 65.3 Å². The average Bonchev–Trinajstić information content (AvgIpc) is 2.32. The van der Waals surface area contributed by atoms with Gasteiger partial charge in [-0.1, -0.05) is 0 Å². The first-order chi connectivity index (χ1) is 8.77. The van der Waals surface area contributed by atoms with Gasteiger partial charge in [0.15, 0.2) is 0 Å². The lowest BCUT2D eigenvalue weighted by Gasteiger charge is -2.29. The molecule has 0 spiro atoms. The van der Waals surface area contributed by atoms with Gasteiger partial charge in [0.2, 0.25) is 0 Å². The molecule has 4 unspecified atom stereocenters. The fourth-order valence-corrected chi connectivity index (χ4v) is 1.32. The molecule has 2 N–H and O–H groups in total. The van der Waals surface area contributed by atoms with Crippen molar-refractivity contribution in [2.24, 2.45) is 0 Å². The molecule has 0 rings (SSSR count). The summed E-state index contributed by atoms with van der Waals surface area (Å²) in [4.78, 5) is 5.54. The van der Waals surface area contributed by atoms with Crippen LogP contribution in [0.2, 0.25) is 0 Å². The summed E-state index contributed by atoms with van der Waals surface area (Å²) in [6.07, 6.45) is -1.46. The molecule has 4 atom stereocenters. The Morgan fingerprint density at radius 3 is 2.11 bits per heavy atom. The highest BCUT2D eigenvalue weighted by atomic mass is 16.7. The Bertz CT molecular complexity index is 225. The summed E-state index contributed by atoms with van der Waals surface area (Å²) in [5.41, 5.74) is 0. The van der Waals surface area contributed by atoms with Gasteiger partial charge in [0.1, 0.15) is 12.3 Å². The van der Waals surface area contributed by atoms with Gasteiger partial charge in [-0.15, -0.1) is 0 Å². The van der Waals surface area contributed by atoms with Crippen molar-refractivity contribution in [3.8, 4) is 0 Å².